The Hall–Kier alpha value is -1.46. The number of benzene rings is 1. The van der Waals surface area contributed by atoms with Crippen molar-refractivity contribution in [2.45, 2.75) is 19.1 Å². The van der Waals surface area contributed by atoms with Gasteiger partial charge >= 0.3 is 0 Å². The van der Waals surface area contributed by atoms with Gasteiger partial charge in [-0.1, -0.05) is 6.07 Å². The molecule has 1 aliphatic heterocycles. The van der Waals surface area contributed by atoms with Gasteiger partial charge in [-0.25, -0.2) is 0 Å². The largest absolute Gasteiger partial charge is 0.492 e. The number of anilines is 2. The maximum absolute atomic E-state index is 6.17. The molecule has 0 amide bonds. The number of nitrogens with two attached hydrogens (primary N) is 1. The molecular weight excluding hydrogens is 244 g/mol. The van der Waals surface area contributed by atoms with Crippen molar-refractivity contribution in [2.24, 2.45) is 0 Å². The van der Waals surface area contributed by atoms with Crippen LogP contribution in [0.2, 0.25) is 0 Å². The van der Waals surface area contributed by atoms with Crippen LogP contribution in [-0.2, 0) is 9.47 Å². The Bertz CT molecular complexity index is 413. The van der Waals surface area contributed by atoms with Gasteiger partial charge in [0.1, 0.15) is 18.0 Å². The predicted octanol–water partition coefficient (Wildman–Crippen LogP) is 1.52. The summed E-state index contributed by atoms with van der Waals surface area (Å²) in [6, 6.07) is 5.85. The second-order valence-electron chi connectivity index (χ2n) is 4.58. The van der Waals surface area contributed by atoms with E-state index < -0.39 is 0 Å². The monoisotopic (exact) mass is 266 g/mol. The van der Waals surface area contributed by atoms with E-state index >= 15 is 0 Å². The van der Waals surface area contributed by atoms with Crippen LogP contribution < -0.4 is 15.4 Å². The fourth-order valence-corrected chi connectivity index (χ4v) is 2.48. The minimum absolute atomic E-state index is 0.0696. The zero-order valence-corrected chi connectivity index (χ0v) is 11.8. The van der Waals surface area contributed by atoms with E-state index in [1.165, 1.54) is 0 Å². The SMILES string of the molecule is CCOc1cccc(N2CC(OC)C(OC)C2)c1N. The molecule has 1 fully saturated rings. The third-order valence-corrected chi connectivity index (χ3v) is 3.50. The zero-order valence-electron chi connectivity index (χ0n) is 11.8. The van der Waals surface area contributed by atoms with Crippen molar-refractivity contribution in [3.63, 3.8) is 0 Å². The van der Waals surface area contributed by atoms with Crippen molar-refractivity contribution in [1.29, 1.82) is 0 Å². The van der Waals surface area contributed by atoms with Crippen LogP contribution in [-0.4, -0.2) is 46.1 Å². The van der Waals surface area contributed by atoms with Gasteiger partial charge in [0.25, 0.3) is 0 Å². The fourth-order valence-electron chi connectivity index (χ4n) is 2.48. The highest BCUT2D eigenvalue weighted by Crippen LogP contribution is 2.34. The molecule has 106 valence electrons. The number of nitrogen functional groups attached to an aromatic ring is 1. The molecule has 0 aliphatic carbocycles. The lowest BCUT2D eigenvalue weighted by atomic mass is 10.2. The third kappa shape index (κ3) is 2.77. The van der Waals surface area contributed by atoms with Gasteiger partial charge in [0.2, 0.25) is 0 Å². The third-order valence-electron chi connectivity index (χ3n) is 3.50. The first-order valence-electron chi connectivity index (χ1n) is 6.53. The van der Waals surface area contributed by atoms with Gasteiger partial charge in [-0.2, -0.15) is 0 Å². The molecule has 2 rings (SSSR count). The van der Waals surface area contributed by atoms with Crippen molar-refractivity contribution in [1.82, 2.24) is 0 Å². The summed E-state index contributed by atoms with van der Waals surface area (Å²) in [5, 5.41) is 0. The summed E-state index contributed by atoms with van der Waals surface area (Å²) in [7, 11) is 3.42. The molecule has 0 aromatic heterocycles. The molecule has 2 unspecified atom stereocenters. The summed E-state index contributed by atoms with van der Waals surface area (Å²) in [5.41, 5.74) is 7.83. The van der Waals surface area contributed by atoms with E-state index in [-0.39, 0.29) is 12.2 Å². The lowest BCUT2D eigenvalue weighted by Gasteiger charge is -2.21. The summed E-state index contributed by atoms with van der Waals surface area (Å²) in [6.07, 6.45) is 0.139. The molecule has 2 atom stereocenters. The van der Waals surface area contributed by atoms with Crippen LogP contribution >= 0.6 is 0 Å². The first kappa shape index (κ1) is 14.0. The van der Waals surface area contributed by atoms with E-state index in [4.69, 9.17) is 19.9 Å². The molecule has 0 bridgehead atoms. The molecule has 1 aromatic rings. The Morgan fingerprint density at radius 1 is 1.21 bits per heavy atom. The standard InChI is InChI=1S/C14H22N2O3/c1-4-19-11-7-5-6-10(14(11)15)16-8-12(17-2)13(9-16)18-3/h5-7,12-13H,4,8-9,15H2,1-3H3. The minimum atomic E-state index is 0.0696. The molecule has 0 radical (unpaired) electrons. The van der Waals surface area contributed by atoms with Gasteiger partial charge in [-0.05, 0) is 19.1 Å². The van der Waals surface area contributed by atoms with Gasteiger partial charge in [0, 0.05) is 27.3 Å². The predicted molar refractivity (Wildman–Crippen MR) is 75.8 cm³/mol. The summed E-state index contributed by atoms with van der Waals surface area (Å²) in [6.45, 7) is 4.10. The van der Waals surface area contributed by atoms with E-state index in [2.05, 4.69) is 4.90 Å². The van der Waals surface area contributed by atoms with E-state index in [0.717, 1.165) is 24.5 Å². The highest BCUT2D eigenvalue weighted by atomic mass is 16.5. The average molecular weight is 266 g/mol. The van der Waals surface area contributed by atoms with E-state index in [1.807, 2.05) is 25.1 Å². The van der Waals surface area contributed by atoms with Gasteiger partial charge in [0.05, 0.1) is 18.0 Å². The van der Waals surface area contributed by atoms with Crippen LogP contribution in [0, 0.1) is 0 Å². The lowest BCUT2D eigenvalue weighted by Crippen LogP contribution is -2.27. The quantitative estimate of drug-likeness (QED) is 0.819. The smallest absolute Gasteiger partial charge is 0.144 e. The second kappa shape index (κ2) is 6.12. The van der Waals surface area contributed by atoms with Crippen molar-refractivity contribution in [3.8, 4) is 5.75 Å². The van der Waals surface area contributed by atoms with Gasteiger partial charge in [-0.3, -0.25) is 0 Å². The normalized spacial score (nSPS) is 22.8. The van der Waals surface area contributed by atoms with E-state index in [1.54, 1.807) is 14.2 Å². The van der Waals surface area contributed by atoms with Crippen LogP contribution in [0.5, 0.6) is 5.75 Å². The molecule has 0 saturated carbocycles. The van der Waals surface area contributed by atoms with Crippen LogP contribution in [0.3, 0.4) is 0 Å². The Labute approximate surface area is 114 Å². The molecular formula is C14H22N2O3. The highest BCUT2D eigenvalue weighted by Gasteiger charge is 2.34. The molecule has 1 aliphatic rings. The summed E-state index contributed by atoms with van der Waals surface area (Å²) >= 11 is 0. The number of hydrogen-bond acceptors (Lipinski definition) is 5. The molecule has 0 spiro atoms. The first-order valence-corrected chi connectivity index (χ1v) is 6.53. The Morgan fingerprint density at radius 3 is 2.37 bits per heavy atom. The van der Waals surface area contributed by atoms with Crippen molar-refractivity contribution in [2.75, 3.05) is 44.5 Å². The van der Waals surface area contributed by atoms with Crippen LogP contribution in [0.4, 0.5) is 11.4 Å². The summed E-state index contributed by atoms with van der Waals surface area (Å²) in [4.78, 5) is 2.18. The average Bonchev–Trinajstić information content (AvgIpc) is 2.84. The topological polar surface area (TPSA) is 57.0 Å². The van der Waals surface area contributed by atoms with E-state index in [0.29, 0.717) is 12.3 Å². The zero-order chi connectivity index (χ0) is 13.8. The minimum Gasteiger partial charge on any atom is -0.492 e. The number of hydrogen-bond donors (Lipinski definition) is 1. The number of para-hydroxylation sites is 1. The Balaban J connectivity index is 2.21. The van der Waals surface area contributed by atoms with E-state index in [9.17, 15) is 0 Å². The molecule has 1 saturated heterocycles. The maximum Gasteiger partial charge on any atom is 0.144 e. The summed E-state index contributed by atoms with van der Waals surface area (Å²) in [5.74, 6) is 0.731. The molecule has 5 nitrogen and oxygen atoms in total. The van der Waals surface area contributed by atoms with Crippen molar-refractivity contribution >= 4 is 11.4 Å². The first-order chi connectivity index (χ1) is 9.21. The Kier molecular flexibility index (Phi) is 4.50. The molecule has 1 heterocycles. The highest BCUT2D eigenvalue weighted by molar-refractivity contribution is 5.74. The molecule has 5 heteroatoms. The molecule has 2 N–H and O–H groups in total. The van der Waals surface area contributed by atoms with Gasteiger partial charge in [0.15, 0.2) is 0 Å². The second-order valence-corrected chi connectivity index (χ2v) is 4.58. The van der Waals surface area contributed by atoms with Crippen molar-refractivity contribution in [3.05, 3.63) is 18.2 Å². The Morgan fingerprint density at radius 2 is 1.84 bits per heavy atom. The fraction of sp³-hybridized carbons (Fsp3) is 0.571. The van der Waals surface area contributed by atoms with Crippen LogP contribution in [0.25, 0.3) is 0 Å². The molecule has 19 heavy (non-hydrogen) atoms. The number of methoxy groups -OCH3 is 2. The van der Waals surface area contributed by atoms with Gasteiger partial charge < -0.3 is 24.8 Å². The van der Waals surface area contributed by atoms with Crippen molar-refractivity contribution < 1.29 is 14.2 Å². The van der Waals surface area contributed by atoms with Gasteiger partial charge in [-0.15, -0.1) is 0 Å². The maximum atomic E-state index is 6.17. The molecule has 1 aromatic carbocycles. The van der Waals surface area contributed by atoms with Crippen LogP contribution in [0.1, 0.15) is 6.92 Å². The number of nitrogens with zero attached hydrogens (tertiary/aromatic N) is 1. The number of rotatable bonds is 5. The lowest BCUT2D eigenvalue weighted by molar-refractivity contribution is -0.00461. The van der Waals surface area contributed by atoms with Crippen LogP contribution in [0.15, 0.2) is 18.2 Å². The summed E-state index contributed by atoms with van der Waals surface area (Å²) < 4.78 is 16.4. The number of ether oxygens (including phenoxy) is 3.